The van der Waals surface area contributed by atoms with Gasteiger partial charge in [-0.25, -0.2) is 4.98 Å². The highest BCUT2D eigenvalue weighted by Gasteiger charge is 2.10. The molecule has 0 aliphatic heterocycles. The first-order valence-corrected chi connectivity index (χ1v) is 9.43. The molecule has 2 aromatic carbocycles. The minimum absolute atomic E-state index is 0.0655. The van der Waals surface area contributed by atoms with Crippen molar-refractivity contribution in [2.24, 2.45) is 0 Å². The molecule has 3 rings (SSSR count). The first-order valence-electron chi connectivity index (χ1n) is 7.63. The first kappa shape index (κ1) is 17.4. The summed E-state index contributed by atoms with van der Waals surface area (Å²) in [5.74, 6) is 0.123. The van der Waals surface area contributed by atoms with E-state index in [0.29, 0.717) is 11.3 Å². The van der Waals surface area contributed by atoms with Gasteiger partial charge >= 0.3 is 0 Å². The lowest BCUT2D eigenvalue weighted by Crippen LogP contribution is -2.21. The van der Waals surface area contributed by atoms with E-state index in [1.807, 2.05) is 24.3 Å². The van der Waals surface area contributed by atoms with Crippen LogP contribution in [0.15, 0.2) is 52.9 Å². The summed E-state index contributed by atoms with van der Waals surface area (Å²) in [4.78, 5) is 30.0. The lowest BCUT2D eigenvalue weighted by atomic mass is 10.2. The van der Waals surface area contributed by atoms with Crippen LogP contribution in [0, 0.1) is 0 Å². The molecule has 7 heteroatoms. The number of nitrogens with one attached hydrogen (secondary N) is 1. The molecule has 0 fully saturated rings. The van der Waals surface area contributed by atoms with E-state index in [9.17, 15) is 9.59 Å². The summed E-state index contributed by atoms with van der Waals surface area (Å²) in [6.07, 6.45) is 0. The summed E-state index contributed by atoms with van der Waals surface area (Å²) >= 11 is 3.00. The van der Waals surface area contributed by atoms with Crippen LogP contribution < -0.4 is 5.32 Å². The van der Waals surface area contributed by atoms with Gasteiger partial charge < -0.3 is 10.2 Å². The maximum absolute atomic E-state index is 12.1. The lowest BCUT2D eigenvalue weighted by Gasteiger charge is -2.10. The van der Waals surface area contributed by atoms with E-state index in [4.69, 9.17) is 0 Å². The number of anilines is 1. The second-order valence-corrected chi connectivity index (χ2v) is 7.81. The second-order valence-electron chi connectivity index (χ2n) is 5.56. The van der Waals surface area contributed by atoms with Crippen LogP contribution in [-0.2, 0) is 4.79 Å². The number of para-hydroxylation sites is 1. The summed E-state index contributed by atoms with van der Waals surface area (Å²) in [5, 5.41) is 2.83. The van der Waals surface area contributed by atoms with Gasteiger partial charge in [0.15, 0.2) is 4.34 Å². The molecular formula is C18H17N3O2S2. The van der Waals surface area contributed by atoms with Crippen molar-refractivity contribution in [3.8, 4) is 0 Å². The van der Waals surface area contributed by atoms with Crippen LogP contribution in [0.1, 0.15) is 10.4 Å². The average Bonchev–Trinajstić information content (AvgIpc) is 3.03. The molecule has 0 aliphatic rings. The van der Waals surface area contributed by atoms with Gasteiger partial charge in [-0.2, -0.15) is 0 Å². The molecule has 0 saturated carbocycles. The van der Waals surface area contributed by atoms with Crippen molar-refractivity contribution in [1.29, 1.82) is 0 Å². The third-order valence-corrected chi connectivity index (χ3v) is 5.60. The van der Waals surface area contributed by atoms with Gasteiger partial charge in [0.1, 0.15) is 0 Å². The van der Waals surface area contributed by atoms with Crippen molar-refractivity contribution in [2.75, 3.05) is 25.2 Å². The van der Waals surface area contributed by atoms with Crippen LogP contribution in [0.2, 0.25) is 0 Å². The standard InChI is InChI=1S/C18H17N3O2S2/c1-21(2)17(23)12-7-9-13(10-8-12)19-16(22)11-24-18-20-14-5-3-4-6-15(14)25-18/h3-10H,11H2,1-2H3,(H,19,22). The fraction of sp³-hybridized carbons (Fsp3) is 0.167. The summed E-state index contributed by atoms with van der Waals surface area (Å²) in [5.41, 5.74) is 2.22. The maximum atomic E-state index is 12.1. The monoisotopic (exact) mass is 371 g/mol. The van der Waals surface area contributed by atoms with E-state index in [2.05, 4.69) is 10.3 Å². The number of hydrogen-bond donors (Lipinski definition) is 1. The number of carbonyl (C=O) groups excluding carboxylic acids is 2. The van der Waals surface area contributed by atoms with Crippen LogP contribution in [0.4, 0.5) is 5.69 Å². The van der Waals surface area contributed by atoms with Crippen molar-refractivity contribution in [1.82, 2.24) is 9.88 Å². The number of hydrogen-bond acceptors (Lipinski definition) is 5. The van der Waals surface area contributed by atoms with Crippen molar-refractivity contribution < 1.29 is 9.59 Å². The third kappa shape index (κ3) is 4.37. The minimum Gasteiger partial charge on any atom is -0.345 e. The Hall–Kier alpha value is -2.38. The first-order chi connectivity index (χ1) is 12.0. The van der Waals surface area contributed by atoms with E-state index < -0.39 is 0 Å². The second kappa shape index (κ2) is 7.67. The molecule has 2 amide bonds. The van der Waals surface area contributed by atoms with Gasteiger partial charge in [-0.15, -0.1) is 11.3 Å². The molecule has 0 unspecified atom stereocenters. The van der Waals surface area contributed by atoms with E-state index in [1.165, 1.54) is 16.7 Å². The smallest absolute Gasteiger partial charge is 0.253 e. The molecule has 0 radical (unpaired) electrons. The molecule has 1 heterocycles. The van der Waals surface area contributed by atoms with Gasteiger partial charge in [-0.1, -0.05) is 23.9 Å². The highest BCUT2D eigenvalue weighted by atomic mass is 32.2. The molecule has 1 aromatic heterocycles. The van der Waals surface area contributed by atoms with Crippen molar-refractivity contribution in [3.05, 3.63) is 54.1 Å². The van der Waals surface area contributed by atoms with Gasteiger partial charge in [-0.05, 0) is 36.4 Å². The van der Waals surface area contributed by atoms with Crippen LogP contribution in [0.25, 0.3) is 10.2 Å². The third-order valence-electron chi connectivity index (χ3n) is 3.42. The predicted molar refractivity (Wildman–Crippen MR) is 103 cm³/mol. The van der Waals surface area contributed by atoms with Crippen LogP contribution >= 0.6 is 23.1 Å². The molecule has 0 saturated heterocycles. The molecule has 5 nitrogen and oxygen atoms in total. The summed E-state index contributed by atoms with van der Waals surface area (Å²) in [7, 11) is 3.41. The quantitative estimate of drug-likeness (QED) is 0.694. The molecule has 0 aliphatic carbocycles. The summed E-state index contributed by atoms with van der Waals surface area (Å²) < 4.78 is 2.00. The Labute approximate surface area is 154 Å². The van der Waals surface area contributed by atoms with Crippen LogP contribution in [0.5, 0.6) is 0 Å². The Kier molecular flexibility index (Phi) is 5.35. The number of nitrogens with zero attached hydrogens (tertiary/aromatic N) is 2. The highest BCUT2D eigenvalue weighted by Crippen LogP contribution is 2.29. The summed E-state index contributed by atoms with van der Waals surface area (Å²) in [6, 6.07) is 14.8. The topological polar surface area (TPSA) is 62.3 Å². The molecule has 128 valence electrons. The molecule has 0 bridgehead atoms. The number of thioether (sulfide) groups is 1. The van der Waals surface area contributed by atoms with Gasteiger partial charge in [0.05, 0.1) is 16.0 Å². The van der Waals surface area contributed by atoms with Gasteiger partial charge in [0.2, 0.25) is 5.91 Å². The molecule has 0 atom stereocenters. The van der Waals surface area contributed by atoms with Gasteiger partial charge in [0.25, 0.3) is 5.91 Å². The van der Waals surface area contributed by atoms with Crippen LogP contribution in [0.3, 0.4) is 0 Å². The molecule has 1 N–H and O–H groups in total. The number of carbonyl (C=O) groups is 2. The highest BCUT2D eigenvalue weighted by molar-refractivity contribution is 8.01. The molecule has 25 heavy (non-hydrogen) atoms. The van der Waals surface area contributed by atoms with Crippen molar-refractivity contribution in [2.45, 2.75) is 4.34 Å². The molecule has 0 spiro atoms. The Balaban J connectivity index is 1.56. The zero-order chi connectivity index (χ0) is 17.8. The Morgan fingerprint density at radius 1 is 1.12 bits per heavy atom. The fourth-order valence-electron chi connectivity index (χ4n) is 2.19. The number of fused-ring (bicyclic) bond motifs is 1. The lowest BCUT2D eigenvalue weighted by molar-refractivity contribution is -0.113. The normalized spacial score (nSPS) is 10.6. The zero-order valence-electron chi connectivity index (χ0n) is 13.9. The van der Waals surface area contributed by atoms with Crippen molar-refractivity contribution >= 4 is 50.8 Å². The Bertz CT molecular complexity index is 871. The Morgan fingerprint density at radius 3 is 2.52 bits per heavy atom. The van der Waals surface area contributed by atoms with E-state index in [-0.39, 0.29) is 17.6 Å². The van der Waals surface area contributed by atoms with Crippen LogP contribution in [-0.4, -0.2) is 41.5 Å². The van der Waals surface area contributed by atoms with E-state index >= 15 is 0 Å². The number of benzene rings is 2. The maximum Gasteiger partial charge on any atom is 0.253 e. The SMILES string of the molecule is CN(C)C(=O)c1ccc(NC(=O)CSc2nc3ccccc3s2)cc1. The summed E-state index contributed by atoms with van der Waals surface area (Å²) in [6.45, 7) is 0. The minimum atomic E-state index is -0.101. The number of aromatic nitrogens is 1. The Morgan fingerprint density at radius 2 is 1.84 bits per heavy atom. The molecule has 3 aromatic rings. The number of thiazole rings is 1. The zero-order valence-corrected chi connectivity index (χ0v) is 15.5. The molecular weight excluding hydrogens is 354 g/mol. The largest absolute Gasteiger partial charge is 0.345 e. The fourth-order valence-corrected chi connectivity index (χ4v) is 4.06. The van der Waals surface area contributed by atoms with Crippen molar-refractivity contribution in [3.63, 3.8) is 0 Å². The van der Waals surface area contributed by atoms with Gasteiger partial charge in [0, 0.05) is 25.3 Å². The van der Waals surface area contributed by atoms with E-state index in [1.54, 1.807) is 49.7 Å². The average molecular weight is 371 g/mol. The van der Waals surface area contributed by atoms with E-state index in [0.717, 1.165) is 14.6 Å². The van der Waals surface area contributed by atoms with Gasteiger partial charge in [-0.3, -0.25) is 9.59 Å². The number of rotatable bonds is 5. The predicted octanol–water partition coefficient (Wildman–Crippen LogP) is 3.73. The number of amides is 2.